The largest absolute Gasteiger partial charge is 0.396 e. The Morgan fingerprint density at radius 3 is 2.91 bits per heavy atom. The summed E-state index contributed by atoms with van der Waals surface area (Å²) in [4.78, 5) is 12.3. The highest BCUT2D eigenvalue weighted by Gasteiger charge is 2.39. The number of nitrogens with zero attached hydrogens (tertiary/aromatic N) is 3. The molecule has 1 aliphatic carbocycles. The summed E-state index contributed by atoms with van der Waals surface area (Å²) in [5.41, 5.74) is 0.531. The molecule has 6 nitrogen and oxygen atoms in total. The zero-order chi connectivity index (χ0) is 16.4. The lowest BCUT2D eigenvalue weighted by Crippen LogP contribution is -2.44. The van der Waals surface area contributed by atoms with Gasteiger partial charge in [0.05, 0.1) is 18.5 Å². The first kappa shape index (κ1) is 15.6. The van der Waals surface area contributed by atoms with Crippen LogP contribution in [0.3, 0.4) is 0 Å². The number of nitrogens with one attached hydrogen (secondary N) is 1. The van der Waals surface area contributed by atoms with E-state index in [1.807, 2.05) is 6.92 Å². The van der Waals surface area contributed by atoms with Crippen LogP contribution in [0.1, 0.15) is 36.7 Å². The lowest BCUT2D eigenvalue weighted by molar-refractivity contribution is 0.0826. The van der Waals surface area contributed by atoms with E-state index in [-0.39, 0.29) is 35.5 Å². The maximum Gasteiger partial charge on any atom is 0.273 e. The number of amides is 1. The van der Waals surface area contributed by atoms with E-state index in [9.17, 15) is 14.3 Å². The molecule has 1 saturated carbocycles. The number of carbonyl (C=O) groups excluding carboxylic acids is 1. The minimum absolute atomic E-state index is 0.0419. The normalized spacial score (nSPS) is 23.9. The molecule has 0 spiro atoms. The predicted molar refractivity (Wildman–Crippen MR) is 81.6 cm³/mol. The second kappa shape index (κ2) is 6.08. The van der Waals surface area contributed by atoms with Crippen LogP contribution in [0.4, 0.5) is 4.39 Å². The topological polar surface area (TPSA) is 80.0 Å². The fourth-order valence-corrected chi connectivity index (χ4v) is 2.99. The van der Waals surface area contributed by atoms with Crippen LogP contribution in [0, 0.1) is 11.2 Å². The van der Waals surface area contributed by atoms with Gasteiger partial charge in [-0.25, -0.2) is 9.07 Å². The van der Waals surface area contributed by atoms with Crippen molar-refractivity contribution in [2.75, 3.05) is 6.61 Å². The van der Waals surface area contributed by atoms with Crippen molar-refractivity contribution < 1.29 is 14.3 Å². The molecular formula is C16H19FN4O2. The average Bonchev–Trinajstić information content (AvgIpc) is 3.16. The van der Waals surface area contributed by atoms with Gasteiger partial charge in [0, 0.05) is 11.5 Å². The Labute approximate surface area is 133 Å². The average molecular weight is 318 g/mol. The lowest BCUT2D eigenvalue weighted by Gasteiger charge is -2.29. The molecule has 0 radical (unpaired) electrons. The minimum atomic E-state index is -0.337. The third-order valence-corrected chi connectivity index (χ3v) is 4.57. The SMILES string of the molecule is CC1(CO)CCCC1NC(=O)c1cn(-c2ccc(F)cc2)nn1. The standard InChI is InChI=1S/C16H19FN4O2/c1-16(10-22)8-2-3-14(16)18-15(23)13-9-21(20-19-13)12-6-4-11(17)5-7-12/h4-7,9,14,22H,2-3,8,10H2,1H3,(H,18,23). The van der Waals surface area contributed by atoms with Gasteiger partial charge in [0.25, 0.3) is 5.91 Å². The van der Waals surface area contributed by atoms with Crippen LogP contribution < -0.4 is 5.32 Å². The van der Waals surface area contributed by atoms with Gasteiger partial charge in [-0.3, -0.25) is 4.79 Å². The number of hydrogen-bond donors (Lipinski definition) is 2. The number of benzene rings is 1. The van der Waals surface area contributed by atoms with Crippen LogP contribution in [0.25, 0.3) is 5.69 Å². The Balaban J connectivity index is 1.73. The number of halogens is 1. The Kier molecular flexibility index (Phi) is 4.12. The van der Waals surface area contributed by atoms with Crippen molar-refractivity contribution in [2.24, 2.45) is 5.41 Å². The van der Waals surface area contributed by atoms with E-state index in [0.29, 0.717) is 5.69 Å². The lowest BCUT2D eigenvalue weighted by atomic mass is 9.86. The smallest absolute Gasteiger partial charge is 0.273 e. The first-order valence-electron chi connectivity index (χ1n) is 7.62. The number of aliphatic hydroxyl groups excluding tert-OH is 1. The molecular weight excluding hydrogens is 299 g/mol. The van der Waals surface area contributed by atoms with Gasteiger partial charge in [0.15, 0.2) is 5.69 Å². The molecule has 0 saturated heterocycles. The highest BCUT2D eigenvalue weighted by molar-refractivity contribution is 5.92. The monoisotopic (exact) mass is 318 g/mol. The molecule has 0 bridgehead atoms. The summed E-state index contributed by atoms with van der Waals surface area (Å²) in [7, 11) is 0. The van der Waals surface area contributed by atoms with Crippen LogP contribution >= 0.6 is 0 Å². The molecule has 0 aliphatic heterocycles. The van der Waals surface area contributed by atoms with Crippen LogP contribution in [0.2, 0.25) is 0 Å². The van der Waals surface area contributed by atoms with E-state index >= 15 is 0 Å². The third-order valence-electron chi connectivity index (χ3n) is 4.57. The van der Waals surface area contributed by atoms with Crippen molar-refractivity contribution in [1.29, 1.82) is 0 Å². The van der Waals surface area contributed by atoms with E-state index in [1.165, 1.54) is 23.0 Å². The first-order valence-corrected chi connectivity index (χ1v) is 7.62. The molecule has 2 N–H and O–H groups in total. The molecule has 1 heterocycles. The molecule has 122 valence electrons. The van der Waals surface area contributed by atoms with Crippen LogP contribution in [0.5, 0.6) is 0 Å². The zero-order valence-corrected chi connectivity index (χ0v) is 12.9. The maximum atomic E-state index is 12.9. The number of hydrogen-bond acceptors (Lipinski definition) is 4. The van der Waals surface area contributed by atoms with Gasteiger partial charge in [-0.2, -0.15) is 0 Å². The number of rotatable bonds is 4. The molecule has 1 aromatic carbocycles. The Morgan fingerprint density at radius 2 is 2.22 bits per heavy atom. The summed E-state index contributed by atoms with van der Waals surface area (Å²) >= 11 is 0. The van der Waals surface area contributed by atoms with E-state index in [4.69, 9.17) is 0 Å². The van der Waals surface area contributed by atoms with E-state index in [2.05, 4.69) is 15.6 Å². The fourth-order valence-electron chi connectivity index (χ4n) is 2.99. The predicted octanol–water partition coefficient (Wildman–Crippen LogP) is 1.69. The van der Waals surface area contributed by atoms with Crippen LogP contribution in [0.15, 0.2) is 30.5 Å². The van der Waals surface area contributed by atoms with Gasteiger partial charge in [-0.15, -0.1) is 5.10 Å². The quantitative estimate of drug-likeness (QED) is 0.899. The maximum absolute atomic E-state index is 12.9. The summed E-state index contributed by atoms with van der Waals surface area (Å²) in [6.07, 6.45) is 4.21. The van der Waals surface area contributed by atoms with Gasteiger partial charge in [-0.1, -0.05) is 18.6 Å². The highest BCUT2D eigenvalue weighted by Crippen LogP contribution is 2.37. The number of aromatic nitrogens is 3. The molecule has 3 rings (SSSR count). The minimum Gasteiger partial charge on any atom is -0.396 e. The summed E-state index contributed by atoms with van der Waals surface area (Å²) in [5, 5.41) is 20.3. The molecule has 7 heteroatoms. The van der Waals surface area contributed by atoms with E-state index in [0.717, 1.165) is 19.3 Å². The first-order chi connectivity index (χ1) is 11.0. The molecule has 2 aromatic rings. The van der Waals surface area contributed by atoms with Crippen molar-refractivity contribution >= 4 is 5.91 Å². The van der Waals surface area contributed by atoms with Crippen LogP contribution in [-0.4, -0.2) is 38.7 Å². The van der Waals surface area contributed by atoms with Gasteiger partial charge >= 0.3 is 0 Å². The van der Waals surface area contributed by atoms with Gasteiger partial charge in [-0.05, 0) is 37.1 Å². The zero-order valence-electron chi connectivity index (χ0n) is 12.9. The number of aliphatic hydroxyl groups is 1. The second-order valence-electron chi connectivity index (χ2n) is 6.26. The molecule has 1 fully saturated rings. The number of carbonyl (C=O) groups is 1. The second-order valence-corrected chi connectivity index (χ2v) is 6.26. The Morgan fingerprint density at radius 1 is 1.48 bits per heavy atom. The summed E-state index contributed by atoms with van der Waals surface area (Å²) in [6.45, 7) is 2.01. The van der Waals surface area contributed by atoms with Crippen molar-refractivity contribution in [3.8, 4) is 5.69 Å². The fraction of sp³-hybridized carbons (Fsp3) is 0.438. The van der Waals surface area contributed by atoms with Crippen molar-refractivity contribution in [2.45, 2.75) is 32.2 Å². The molecule has 2 atom stereocenters. The van der Waals surface area contributed by atoms with E-state index < -0.39 is 0 Å². The van der Waals surface area contributed by atoms with Gasteiger partial charge in [0.1, 0.15) is 5.82 Å². The molecule has 1 aromatic heterocycles. The Hall–Kier alpha value is -2.28. The molecule has 2 unspecified atom stereocenters. The highest BCUT2D eigenvalue weighted by atomic mass is 19.1. The third kappa shape index (κ3) is 3.10. The summed E-state index contributed by atoms with van der Waals surface area (Å²) < 4.78 is 14.4. The molecule has 23 heavy (non-hydrogen) atoms. The van der Waals surface area contributed by atoms with Crippen molar-refractivity contribution in [3.05, 3.63) is 42.0 Å². The molecule has 1 aliphatic rings. The van der Waals surface area contributed by atoms with Gasteiger partial charge < -0.3 is 10.4 Å². The van der Waals surface area contributed by atoms with E-state index in [1.54, 1.807) is 12.1 Å². The summed E-state index contributed by atoms with van der Waals surface area (Å²) in [5.74, 6) is -0.652. The molecule has 1 amide bonds. The summed E-state index contributed by atoms with van der Waals surface area (Å²) in [6, 6.07) is 5.69. The van der Waals surface area contributed by atoms with Crippen molar-refractivity contribution in [3.63, 3.8) is 0 Å². The Bertz CT molecular complexity index is 700. The van der Waals surface area contributed by atoms with Gasteiger partial charge in [0.2, 0.25) is 0 Å². The van der Waals surface area contributed by atoms with Crippen molar-refractivity contribution in [1.82, 2.24) is 20.3 Å². The van der Waals surface area contributed by atoms with Crippen LogP contribution in [-0.2, 0) is 0 Å².